The Morgan fingerprint density at radius 3 is 2.92 bits per heavy atom. The second kappa shape index (κ2) is 4.21. The highest BCUT2D eigenvalue weighted by Crippen LogP contribution is 2.13. The fourth-order valence-corrected chi connectivity index (χ4v) is 1.37. The summed E-state index contributed by atoms with van der Waals surface area (Å²) in [6.07, 6.45) is 0. The minimum absolute atomic E-state index is 0.332. The summed E-state index contributed by atoms with van der Waals surface area (Å²) in [5.74, 6) is 0. The van der Waals surface area contributed by atoms with Crippen molar-refractivity contribution < 1.29 is 4.79 Å². The van der Waals surface area contributed by atoms with Crippen LogP contribution in [0, 0.1) is 0 Å². The number of rotatable bonds is 2. The number of halogens is 1. The predicted molar refractivity (Wildman–Crippen MR) is 48.8 cm³/mol. The van der Waals surface area contributed by atoms with E-state index in [1.54, 1.807) is 0 Å². The summed E-state index contributed by atoms with van der Waals surface area (Å²) in [5, 5.41) is 2.89. The zero-order valence-corrected chi connectivity index (χ0v) is 8.49. The molecule has 8 heteroatoms. The van der Waals surface area contributed by atoms with Crippen LogP contribution in [0.2, 0.25) is 0 Å². The van der Waals surface area contributed by atoms with Crippen molar-refractivity contribution in [2.45, 2.75) is 0 Å². The number of carbonyl (C=O) groups is 1. The van der Waals surface area contributed by atoms with Crippen molar-refractivity contribution in [2.24, 2.45) is 0 Å². The molecule has 1 aromatic heterocycles. The quantitative estimate of drug-likeness (QED) is 0.672. The molecule has 0 aliphatic carbocycles. The number of anilines is 1. The molecule has 0 atom stereocenters. The van der Waals surface area contributed by atoms with Crippen LogP contribution in [0.5, 0.6) is 0 Å². The Hall–Kier alpha value is -0.890. The van der Waals surface area contributed by atoms with Gasteiger partial charge in [-0.2, -0.15) is 9.36 Å². The van der Waals surface area contributed by atoms with E-state index in [1.165, 1.54) is 7.05 Å². The first-order valence-electron chi connectivity index (χ1n) is 2.95. The number of hydrazine groups is 1. The van der Waals surface area contributed by atoms with Crippen molar-refractivity contribution in [3.63, 3.8) is 0 Å². The van der Waals surface area contributed by atoms with Gasteiger partial charge in [0.25, 0.3) is 0 Å². The van der Waals surface area contributed by atoms with Crippen LogP contribution >= 0.6 is 27.5 Å². The van der Waals surface area contributed by atoms with Crippen LogP contribution in [-0.2, 0) is 0 Å². The summed E-state index contributed by atoms with van der Waals surface area (Å²) in [4.78, 5) is 14.5. The Morgan fingerprint density at radius 1 is 1.67 bits per heavy atom. The topological polar surface area (TPSA) is 78.9 Å². The predicted octanol–water partition coefficient (Wildman–Crippen LogP) is 0.556. The van der Waals surface area contributed by atoms with Crippen LogP contribution < -0.4 is 16.2 Å². The third-order valence-electron chi connectivity index (χ3n) is 0.911. The monoisotopic (exact) mass is 251 g/mol. The van der Waals surface area contributed by atoms with Crippen LogP contribution in [-0.4, -0.2) is 22.4 Å². The minimum atomic E-state index is -0.332. The maximum absolute atomic E-state index is 10.7. The molecular formula is C4H6BrN5OS. The van der Waals surface area contributed by atoms with Gasteiger partial charge in [-0.25, -0.2) is 10.2 Å². The van der Waals surface area contributed by atoms with E-state index in [2.05, 4.69) is 41.5 Å². The lowest BCUT2D eigenvalue weighted by Crippen LogP contribution is -2.36. The van der Waals surface area contributed by atoms with Crippen LogP contribution in [0.25, 0.3) is 0 Å². The van der Waals surface area contributed by atoms with Gasteiger partial charge in [0.1, 0.15) is 0 Å². The number of hydrogen-bond acceptors (Lipinski definition) is 5. The van der Waals surface area contributed by atoms with Crippen molar-refractivity contribution in [1.29, 1.82) is 0 Å². The molecule has 1 heterocycles. The van der Waals surface area contributed by atoms with Gasteiger partial charge in [0.2, 0.25) is 9.87 Å². The molecule has 6 nitrogen and oxygen atoms in total. The fraction of sp³-hybridized carbons (Fsp3) is 0.250. The average molecular weight is 252 g/mol. The van der Waals surface area contributed by atoms with E-state index in [0.29, 0.717) is 9.87 Å². The Morgan fingerprint density at radius 2 is 2.42 bits per heavy atom. The lowest BCUT2D eigenvalue weighted by Gasteiger charge is -2.02. The van der Waals surface area contributed by atoms with Gasteiger partial charge >= 0.3 is 6.03 Å². The smallest absolute Gasteiger partial charge is 0.333 e. The van der Waals surface area contributed by atoms with Crippen molar-refractivity contribution in [3.8, 4) is 0 Å². The third-order valence-corrected chi connectivity index (χ3v) is 2.13. The van der Waals surface area contributed by atoms with Crippen LogP contribution in [0.4, 0.5) is 9.93 Å². The van der Waals surface area contributed by atoms with Gasteiger partial charge in [0.05, 0.1) is 0 Å². The van der Waals surface area contributed by atoms with Gasteiger partial charge in [-0.3, -0.25) is 5.43 Å². The first-order valence-corrected chi connectivity index (χ1v) is 4.52. The third kappa shape index (κ3) is 2.62. The number of urea groups is 1. The molecule has 1 rings (SSSR count). The minimum Gasteiger partial charge on any atom is -0.340 e. The Bertz CT molecular complexity index is 276. The number of aromatic nitrogens is 2. The van der Waals surface area contributed by atoms with E-state index in [-0.39, 0.29) is 6.03 Å². The van der Waals surface area contributed by atoms with Gasteiger partial charge < -0.3 is 5.32 Å². The summed E-state index contributed by atoms with van der Waals surface area (Å²) in [7, 11) is 1.52. The molecule has 0 spiro atoms. The second-order valence-corrected chi connectivity index (χ2v) is 3.16. The Kier molecular flexibility index (Phi) is 3.23. The number of nitrogens with zero attached hydrogens (tertiary/aromatic N) is 2. The van der Waals surface area contributed by atoms with E-state index in [4.69, 9.17) is 0 Å². The highest BCUT2D eigenvalue weighted by Gasteiger charge is 2.00. The molecular weight excluding hydrogens is 246 g/mol. The highest BCUT2D eigenvalue weighted by atomic mass is 79.9. The number of hydrogen-bond donors (Lipinski definition) is 3. The van der Waals surface area contributed by atoms with Gasteiger partial charge in [0.15, 0.2) is 0 Å². The van der Waals surface area contributed by atoms with E-state index in [0.717, 1.165) is 11.5 Å². The van der Waals surface area contributed by atoms with Crippen molar-refractivity contribution in [2.75, 3.05) is 12.5 Å². The summed E-state index contributed by atoms with van der Waals surface area (Å²) in [6, 6.07) is -0.332. The van der Waals surface area contributed by atoms with Gasteiger partial charge in [0, 0.05) is 18.6 Å². The molecule has 0 saturated carbocycles. The molecule has 0 aliphatic heterocycles. The molecule has 3 N–H and O–H groups in total. The average Bonchev–Trinajstić information content (AvgIpc) is 2.47. The summed E-state index contributed by atoms with van der Waals surface area (Å²) in [6.45, 7) is 0. The van der Waals surface area contributed by atoms with E-state index in [9.17, 15) is 4.79 Å². The molecule has 0 aromatic carbocycles. The van der Waals surface area contributed by atoms with E-state index < -0.39 is 0 Å². The first-order chi connectivity index (χ1) is 5.72. The second-order valence-electron chi connectivity index (χ2n) is 1.70. The fourth-order valence-electron chi connectivity index (χ4n) is 0.429. The summed E-state index contributed by atoms with van der Waals surface area (Å²) >= 11 is 4.22. The maximum atomic E-state index is 10.7. The SMILES string of the molecule is CNC(=O)NNc1nc(Br)ns1. The van der Waals surface area contributed by atoms with Crippen molar-refractivity contribution in [3.05, 3.63) is 4.73 Å². The number of carbonyl (C=O) groups excluding carboxylic acids is 1. The molecule has 66 valence electrons. The lowest BCUT2D eigenvalue weighted by molar-refractivity contribution is 0.245. The molecule has 12 heavy (non-hydrogen) atoms. The normalized spacial score (nSPS) is 9.17. The number of amides is 2. The zero-order valence-electron chi connectivity index (χ0n) is 6.09. The van der Waals surface area contributed by atoms with Gasteiger partial charge in [-0.05, 0) is 15.9 Å². The molecule has 0 aliphatic rings. The Balaban J connectivity index is 2.38. The maximum Gasteiger partial charge on any atom is 0.333 e. The van der Waals surface area contributed by atoms with Crippen LogP contribution in [0.1, 0.15) is 0 Å². The van der Waals surface area contributed by atoms with E-state index in [1.807, 2.05) is 0 Å². The van der Waals surface area contributed by atoms with E-state index >= 15 is 0 Å². The van der Waals surface area contributed by atoms with Gasteiger partial charge in [-0.1, -0.05) is 0 Å². The van der Waals surface area contributed by atoms with Crippen LogP contribution in [0.15, 0.2) is 4.73 Å². The van der Waals surface area contributed by atoms with Gasteiger partial charge in [-0.15, -0.1) is 0 Å². The zero-order chi connectivity index (χ0) is 8.97. The molecule has 0 saturated heterocycles. The largest absolute Gasteiger partial charge is 0.340 e. The highest BCUT2D eigenvalue weighted by molar-refractivity contribution is 9.10. The molecule has 1 aromatic rings. The van der Waals surface area contributed by atoms with Crippen LogP contribution in [0.3, 0.4) is 0 Å². The molecule has 0 bridgehead atoms. The Labute approximate surface area is 81.0 Å². The summed E-state index contributed by atoms with van der Waals surface area (Å²) < 4.78 is 4.33. The first kappa shape index (κ1) is 9.20. The standard InChI is InChI=1S/C4H6BrN5OS/c1-6-3(11)8-9-4-7-2(5)10-12-4/h1H3,(H2,6,8,11)(H,7,9,10). The molecule has 0 fully saturated rings. The molecule has 2 amide bonds. The lowest BCUT2D eigenvalue weighted by atomic mass is 11.0. The molecule has 0 unspecified atom stereocenters. The summed E-state index contributed by atoms with van der Waals surface area (Å²) in [5.41, 5.74) is 4.92. The number of nitrogens with one attached hydrogen (secondary N) is 3. The molecule has 0 radical (unpaired) electrons. The van der Waals surface area contributed by atoms with Crippen molar-refractivity contribution in [1.82, 2.24) is 20.1 Å². The van der Waals surface area contributed by atoms with Crippen molar-refractivity contribution >= 4 is 38.6 Å².